The molecule has 0 amide bonds. The third kappa shape index (κ3) is 9.56. The molecule has 7 nitrogen and oxygen atoms in total. The van der Waals surface area contributed by atoms with Crippen LogP contribution in [-0.2, 0) is 20.7 Å². The van der Waals surface area contributed by atoms with Crippen molar-refractivity contribution in [3.05, 3.63) is 46.1 Å². The van der Waals surface area contributed by atoms with Crippen LogP contribution in [0.5, 0.6) is 17.2 Å². The Morgan fingerprint density at radius 2 is 1.56 bits per heavy atom. The summed E-state index contributed by atoms with van der Waals surface area (Å²) >= 11 is 6.84. The molecule has 41 heavy (non-hydrogen) atoms. The van der Waals surface area contributed by atoms with E-state index in [-0.39, 0.29) is 24.5 Å². The zero-order valence-corrected chi connectivity index (χ0v) is 29.8. The Hall–Kier alpha value is -0.870. The van der Waals surface area contributed by atoms with Crippen LogP contribution in [0, 0.1) is 17.6 Å². The lowest BCUT2D eigenvalue weighted by Gasteiger charge is -2.25. The third-order valence-electron chi connectivity index (χ3n) is 7.66. The summed E-state index contributed by atoms with van der Waals surface area (Å²) in [5.74, 6) is 2.11. The van der Waals surface area contributed by atoms with Crippen LogP contribution in [0.3, 0.4) is 0 Å². The molecule has 2 aliphatic carbocycles. The highest BCUT2D eigenvalue weighted by Gasteiger charge is 2.25. The fraction of sp³-hybridized carbons (Fsp3) is 0.548. The zero-order valence-electron chi connectivity index (χ0n) is 23.4. The van der Waals surface area contributed by atoms with Crippen molar-refractivity contribution in [2.24, 2.45) is 4.99 Å². The monoisotopic (exact) mass is 898 g/mol. The highest BCUT2D eigenvalue weighted by Crippen LogP contribution is 2.37. The number of benzene rings is 2. The molecule has 1 heterocycles. The van der Waals surface area contributed by atoms with E-state index in [1.54, 1.807) is 0 Å². The Balaban J connectivity index is 1.23. The molecule has 1 saturated heterocycles. The van der Waals surface area contributed by atoms with Crippen molar-refractivity contribution in [2.75, 3.05) is 13.2 Å². The lowest BCUT2D eigenvalue weighted by molar-refractivity contribution is -0.135. The first kappa shape index (κ1) is 31.6. The molecular weight excluding hydrogens is 861 g/mol. The van der Waals surface area contributed by atoms with E-state index >= 15 is 0 Å². The number of rotatable bonds is 9. The van der Waals surface area contributed by atoms with Gasteiger partial charge in [0, 0.05) is 6.04 Å². The molecule has 3 aliphatic rings. The number of halogens is 3. The van der Waals surface area contributed by atoms with E-state index in [1.165, 1.54) is 38.5 Å². The molecule has 2 aromatic rings. The van der Waals surface area contributed by atoms with E-state index < -0.39 is 0 Å². The molecule has 0 spiro atoms. The lowest BCUT2D eigenvalue weighted by Crippen LogP contribution is -2.39. The van der Waals surface area contributed by atoms with Crippen LogP contribution in [0.1, 0.15) is 75.3 Å². The second-order valence-electron chi connectivity index (χ2n) is 11.2. The number of aryl methyl sites for hydroxylation is 1. The Labute approximate surface area is 283 Å². The standard InChI is InChI=1S/C31H37I3N2O5/c1-19-12-20(13-25(32)29(19)40-23-15-26(33)30(27(34)16-23)39-18-24-17-38-24)14-28(37)41-31(35-21-8-4-2-5-9-21)36-22-10-6-3-7-11-22/h12-13,15-16,21-22,24H,2-11,14,17-18H2,1H3,(H,35,36). The van der Waals surface area contributed by atoms with E-state index in [0.717, 1.165) is 71.4 Å². The summed E-state index contributed by atoms with van der Waals surface area (Å²) < 4.78 is 26.4. The van der Waals surface area contributed by atoms with Crippen molar-refractivity contribution < 1.29 is 23.7 Å². The minimum Gasteiger partial charge on any atom is -0.489 e. The van der Waals surface area contributed by atoms with Gasteiger partial charge in [-0.05, 0) is 130 Å². The molecule has 3 fully saturated rings. The minimum atomic E-state index is -0.289. The second-order valence-corrected chi connectivity index (χ2v) is 14.7. The van der Waals surface area contributed by atoms with Gasteiger partial charge in [0.2, 0.25) is 0 Å². The van der Waals surface area contributed by atoms with Gasteiger partial charge in [-0.3, -0.25) is 4.79 Å². The van der Waals surface area contributed by atoms with E-state index in [2.05, 4.69) is 73.1 Å². The van der Waals surface area contributed by atoms with Crippen LogP contribution in [0.2, 0.25) is 0 Å². The van der Waals surface area contributed by atoms with Crippen LogP contribution in [0.15, 0.2) is 29.3 Å². The summed E-state index contributed by atoms with van der Waals surface area (Å²) in [6, 6.07) is 8.96. The number of epoxide rings is 1. The summed E-state index contributed by atoms with van der Waals surface area (Å²) in [5, 5.41) is 3.48. The van der Waals surface area contributed by atoms with Crippen LogP contribution < -0.4 is 14.8 Å². The first-order valence-electron chi connectivity index (χ1n) is 14.6. The van der Waals surface area contributed by atoms with Crippen molar-refractivity contribution in [1.82, 2.24) is 5.32 Å². The lowest BCUT2D eigenvalue weighted by atomic mass is 9.95. The molecule has 10 heteroatoms. The largest absolute Gasteiger partial charge is 0.489 e. The highest BCUT2D eigenvalue weighted by atomic mass is 127. The van der Waals surface area contributed by atoms with Gasteiger partial charge in [0.25, 0.3) is 6.02 Å². The average molecular weight is 898 g/mol. The Morgan fingerprint density at radius 1 is 0.927 bits per heavy atom. The van der Waals surface area contributed by atoms with Crippen LogP contribution in [-0.4, -0.2) is 43.4 Å². The quantitative estimate of drug-likeness (QED) is 0.0903. The fourth-order valence-corrected chi connectivity index (χ4v) is 8.38. The number of esters is 1. The predicted molar refractivity (Wildman–Crippen MR) is 185 cm³/mol. The van der Waals surface area contributed by atoms with Gasteiger partial charge in [-0.25, -0.2) is 4.99 Å². The van der Waals surface area contributed by atoms with E-state index in [4.69, 9.17) is 23.9 Å². The van der Waals surface area contributed by atoms with Gasteiger partial charge < -0.3 is 24.3 Å². The highest BCUT2D eigenvalue weighted by molar-refractivity contribution is 14.1. The fourth-order valence-electron chi connectivity index (χ4n) is 5.43. The summed E-state index contributed by atoms with van der Waals surface area (Å²) in [6.45, 7) is 3.35. The molecular formula is C31H37I3N2O5. The maximum absolute atomic E-state index is 13.1. The van der Waals surface area contributed by atoms with Crippen molar-refractivity contribution in [1.29, 1.82) is 0 Å². The molecule has 2 aromatic carbocycles. The normalized spacial score (nSPS) is 20.0. The Bertz CT molecular complexity index is 1210. The molecule has 2 saturated carbocycles. The van der Waals surface area contributed by atoms with Crippen molar-refractivity contribution in [2.45, 2.75) is 95.7 Å². The maximum atomic E-state index is 13.1. The summed E-state index contributed by atoms with van der Waals surface area (Å²) in [6.07, 6.45) is 12.1. The molecule has 222 valence electrons. The number of hydrogen-bond acceptors (Lipinski definition) is 6. The molecule has 1 unspecified atom stereocenters. The Kier molecular flexibility index (Phi) is 11.7. The SMILES string of the molecule is Cc1cc(CC(=O)O/C(=N/C2CCCCC2)NC2CCCCC2)cc(I)c1Oc1cc(I)c(OCC2CO2)c(I)c1. The molecule has 0 aromatic heterocycles. The van der Waals surface area contributed by atoms with Crippen LogP contribution in [0.4, 0.5) is 0 Å². The number of ether oxygens (including phenoxy) is 4. The topological polar surface area (TPSA) is 81.7 Å². The summed E-state index contributed by atoms with van der Waals surface area (Å²) in [5.41, 5.74) is 1.86. The van der Waals surface area contributed by atoms with Gasteiger partial charge in [0.15, 0.2) is 0 Å². The first-order chi connectivity index (χ1) is 19.8. The predicted octanol–water partition coefficient (Wildman–Crippen LogP) is 8.08. The number of amidine groups is 1. The number of nitrogens with zero attached hydrogens (tertiary/aromatic N) is 1. The summed E-state index contributed by atoms with van der Waals surface area (Å²) in [7, 11) is 0. The van der Waals surface area contributed by atoms with Gasteiger partial charge in [-0.2, -0.15) is 0 Å². The molecule has 0 bridgehead atoms. The van der Waals surface area contributed by atoms with Gasteiger partial charge in [0.05, 0.1) is 29.8 Å². The third-order valence-corrected chi connectivity index (χ3v) is 10.1. The average Bonchev–Trinajstić information content (AvgIpc) is 3.76. The van der Waals surface area contributed by atoms with Crippen LogP contribution >= 0.6 is 67.8 Å². The van der Waals surface area contributed by atoms with Crippen LogP contribution in [0.25, 0.3) is 0 Å². The number of hydrogen-bond donors (Lipinski definition) is 1. The minimum absolute atomic E-state index is 0.180. The number of nitrogens with one attached hydrogen (secondary N) is 1. The molecule has 1 N–H and O–H groups in total. The van der Waals surface area contributed by atoms with Crippen molar-refractivity contribution >= 4 is 79.8 Å². The molecule has 1 aliphatic heterocycles. The molecule has 1 atom stereocenters. The number of aliphatic imine (C=N–C) groups is 1. The zero-order chi connectivity index (χ0) is 28.8. The first-order valence-corrected chi connectivity index (χ1v) is 17.8. The maximum Gasteiger partial charge on any atom is 0.318 e. The second kappa shape index (κ2) is 15.2. The number of carbonyl (C=O) groups excluding carboxylic acids is 1. The van der Waals surface area contributed by atoms with E-state index in [1.807, 2.05) is 31.2 Å². The molecule has 0 radical (unpaired) electrons. The van der Waals surface area contributed by atoms with Crippen molar-refractivity contribution in [3.8, 4) is 17.2 Å². The van der Waals surface area contributed by atoms with E-state index in [9.17, 15) is 4.79 Å². The van der Waals surface area contributed by atoms with Gasteiger partial charge >= 0.3 is 5.97 Å². The summed E-state index contributed by atoms with van der Waals surface area (Å²) in [4.78, 5) is 18.0. The Morgan fingerprint density at radius 3 is 2.20 bits per heavy atom. The van der Waals surface area contributed by atoms with Gasteiger partial charge in [-0.1, -0.05) is 44.6 Å². The van der Waals surface area contributed by atoms with Crippen molar-refractivity contribution in [3.63, 3.8) is 0 Å². The smallest absolute Gasteiger partial charge is 0.318 e. The van der Waals surface area contributed by atoms with Gasteiger partial charge in [0.1, 0.15) is 30.0 Å². The number of carbonyl (C=O) groups is 1. The van der Waals surface area contributed by atoms with Gasteiger partial charge in [-0.15, -0.1) is 0 Å². The molecule has 5 rings (SSSR count). The van der Waals surface area contributed by atoms with E-state index in [0.29, 0.717) is 18.7 Å².